The Morgan fingerprint density at radius 1 is 0.407 bits per heavy atom. The van der Waals surface area contributed by atoms with Crippen molar-refractivity contribution >= 4 is 82.5 Å². The number of aromatic nitrogens is 1. The molecule has 0 saturated heterocycles. The molecule has 254 valence electrons. The minimum Gasteiger partial charge on any atom is -0.456 e. The molecule has 4 nitrogen and oxygen atoms in total. The van der Waals surface area contributed by atoms with Crippen molar-refractivity contribution in [1.82, 2.24) is 4.98 Å². The number of hydrogen-bond donors (Lipinski definition) is 0. The van der Waals surface area contributed by atoms with Crippen LogP contribution in [0, 0.1) is 0 Å². The van der Waals surface area contributed by atoms with Gasteiger partial charge in [0.25, 0.3) is 0 Å². The number of nitrogens with zero attached hydrogens (tertiary/aromatic N) is 2. The molecule has 0 radical (unpaired) electrons. The Kier molecular flexibility index (Phi) is 7.00. The Morgan fingerprint density at radius 2 is 1.02 bits per heavy atom. The molecule has 0 N–H and O–H groups in total. The number of furan rings is 2. The highest BCUT2D eigenvalue weighted by Gasteiger charge is 2.20. The molecule has 0 amide bonds. The first-order valence-electron chi connectivity index (χ1n) is 18.0. The second-order valence-corrected chi connectivity index (χ2v) is 14.5. The number of hydrogen-bond acceptors (Lipinski definition) is 5. The molecule has 0 aliphatic heterocycles. The minimum absolute atomic E-state index is 0.850. The van der Waals surface area contributed by atoms with Crippen molar-refractivity contribution in [2.24, 2.45) is 0 Å². The van der Waals surface area contributed by atoms with E-state index in [9.17, 15) is 0 Å². The first-order chi connectivity index (χ1) is 26.7. The summed E-state index contributed by atoms with van der Waals surface area (Å²) < 4.78 is 13.9. The van der Waals surface area contributed by atoms with E-state index in [4.69, 9.17) is 13.8 Å². The second kappa shape index (κ2) is 12.3. The van der Waals surface area contributed by atoms with Gasteiger partial charge in [0.15, 0.2) is 0 Å². The lowest BCUT2D eigenvalue weighted by Gasteiger charge is -2.26. The summed E-state index contributed by atoms with van der Waals surface area (Å²) >= 11 is 1.72. The molecule has 11 aromatic rings. The van der Waals surface area contributed by atoms with E-state index in [1.165, 1.54) is 11.1 Å². The zero-order chi connectivity index (χ0) is 35.6. The zero-order valence-corrected chi connectivity index (χ0v) is 29.8. The van der Waals surface area contributed by atoms with Gasteiger partial charge < -0.3 is 13.7 Å². The van der Waals surface area contributed by atoms with Crippen molar-refractivity contribution in [1.29, 1.82) is 0 Å². The fraction of sp³-hybridized carbons (Fsp3) is 0. The second-order valence-electron chi connectivity index (χ2n) is 13.5. The molecule has 5 heteroatoms. The third-order valence-corrected chi connectivity index (χ3v) is 11.4. The molecule has 0 saturated carbocycles. The van der Waals surface area contributed by atoms with Crippen LogP contribution in [0.3, 0.4) is 0 Å². The third kappa shape index (κ3) is 5.01. The molecule has 11 rings (SSSR count). The molecule has 54 heavy (non-hydrogen) atoms. The summed E-state index contributed by atoms with van der Waals surface area (Å²) in [4.78, 5) is 7.38. The van der Waals surface area contributed by atoms with Gasteiger partial charge in [-0.3, -0.25) is 0 Å². The molecule has 0 fully saturated rings. The van der Waals surface area contributed by atoms with Crippen LogP contribution in [-0.4, -0.2) is 4.98 Å². The largest absolute Gasteiger partial charge is 0.456 e. The predicted molar refractivity (Wildman–Crippen MR) is 225 cm³/mol. The van der Waals surface area contributed by atoms with E-state index in [2.05, 4.69) is 169 Å². The van der Waals surface area contributed by atoms with Crippen molar-refractivity contribution in [2.45, 2.75) is 0 Å². The summed E-state index contributed by atoms with van der Waals surface area (Å²) in [6.45, 7) is 0. The number of fused-ring (bicyclic) bond motifs is 8. The highest BCUT2D eigenvalue weighted by atomic mass is 32.1. The average molecular weight is 711 g/mol. The van der Waals surface area contributed by atoms with E-state index in [1.54, 1.807) is 11.3 Å². The topological polar surface area (TPSA) is 42.4 Å². The Hall–Kier alpha value is -6.95. The van der Waals surface area contributed by atoms with Crippen LogP contribution in [-0.2, 0) is 0 Å². The van der Waals surface area contributed by atoms with E-state index >= 15 is 0 Å². The standard InChI is InChI=1S/C49H30N2O2S/c1-3-11-31(12-4-1)32-21-23-35(24-22-32)51(36-16-9-15-34(29-36)38-18-10-20-44-46(38)39-17-7-8-19-42(39)52-44)37-25-27-43-40(30-37)47-45(53-43)28-26-41-48(47)54-49(50-41)33-13-5-2-6-14-33/h1-30H. The molecule has 3 aromatic heterocycles. The minimum atomic E-state index is 0.850. The summed E-state index contributed by atoms with van der Waals surface area (Å²) in [5.41, 5.74) is 13.3. The van der Waals surface area contributed by atoms with Crippen LogP contribution in [0.4, 0.5) is 17.1 Å². The lowest BCUT2D eigenvalue weighted by molar-refractivity contribution is 0.668. The van der Waals surface area contributed by atoms with Crippen LogP contribution in [0.2, 0.25) is 0 Å². The molecule has 0 unspecified atom stereocenters. The van der Waals surface area contributed by atoms with Gasteiger partial charge in [0.05, 0.1) is 10.2 Å². The van der Waals surface area contributed by atoms with Crippen molar-refractivity contribution in [3.8, 4) is 32.8 Å². The molecule has 0 spiro atoms. The molecular weight excluding hydrogens is 681 g/mol. The van der Waals surface area contributed by atoms with Gasteiger partial charge >= 0.3 is 0 Å². The summed E-state index contributed by atoms with van der Waals surface area (Å²) in [5.74, 6) is 0. The van der Waals surface area contributed by atoms with Crippen molar-refractivity contribution in [3.05, 3.63) is 182 Å². The molecule has 0 bridgehead atoms. The molecule has 0 aliphatic carbocycles. The summed E-state index contributed by atoms with van der Waals surface area (Å²) in [5, 5.41) is 5.40. The van der Waals surface area contributed by atoms with E-state index in [0.717, 1.165) is 92.9 Å². The van der Waals surface area contributed by atoms with Gasteiger partial charge in [-0.05, 0) is 89.0 Å². The molecule has 3 heterocycles. The van der Waals surface area contributed by atoms with Crippen LogP contribution < -0.4 is 4.90 Å². The quantitative estimate of drug-likeness (QED) is 0.172. The monoisotopic (exact) mass is 710 g/mol. The first kappa shape index (κ1) is 30.7. The van der Waals surface area contributed by atoms with Crippen LogP contribution >= 0.6 is 11.3 Å². The molecule has 0 aliphatic rings. The lowest BCUT2D eigenvalue weighted by atomic mass is 9.98. The van der Waals surface area contributed by atoms with E-state index in [-0.39, 0.29) is 0 Å². The molecule has 8 aromatic carbocycles. The van der Waals surface area contributed by atoms with Gasteiger partial charge in [-0.2, -0.15) is 0 Å². The fourth-order valence-electron chi connectivity index (χ4n) is 7.79. The maximum Gasteiger partial charge on any atom is 0.137 e. The number of thiazole rings is 1. The lowest BCUT2D eigenvalue weighted by Crippen LogP contribution is -2.10. The van der Waals surface area contributed by atoms with Crippen molar-refractivity contribution in [3.63, 3.8) is 0 Å². The smallest absolute Gasteiger partial charge is 0.137 e. The Morgan fingerprint density at radius 3 is 1.85 bits per heavy atom. The Balaban J connectivity index is 1.10. The Bertz CT molecular complexity index is 3160. The molecule has 0 atom stereocenters. The van der Waals surface area contributed by atoms with Crippen molar-refractivity contribution in [2.75, 3.05) is 4.90 Å². The Labute approximate surface area is 314 Å². The summed E-state index contributed by atoms with van der Waals surface area (Å²) in [6, 6.07) is 63.8. The van der Waals surface area contributed by atoms with Gasteiger partial charge in [-0.1, -0.05) is 115 Å². The number of anilines is 3. The van der Waals surface area contributed by atoms with Gasteiger partial charge in [0.2, 0.25) is 0 Å². The van der Waals surface area contributed by atoms with Crippen molar-refractivity contribution < 1.29 is 8.83 Å². The van der Waals surface area contributed by atoms with E-state index in [1.807, 2.05) is 18.2 Å². The van der Waals surface area contributed by atoms with Gasteiger partial charge in [-0.15, -0.1) is 11.3 Å². The molecular formula is C49H30N2O2S. The summed E-state index contributed by atoms with van der Waals surface area (Å²) in [7, 11) is 0. The van der Waals surface area contributed by atoms with Crippen LogP contribution in [0.25, 0.3) is 86.9 Å². The first-order valence-corrected chi connectivity index (χ1v) is 18.8. The normalized spacial score (nSPS) is 11.7. The number of para-hydroxylation sites is 1. The zero-order valence-electron chi connectivity index (χ0n) is 28.9. The average Bonchev–Trinajstić information content (AvgIpc) is 3.95. The van der Waals surface area contributed by atoms with Crippen LogP contribution in [0.1, 0.15) is 0 Å². The fourth-order valence-corrected chi connectivity index (χ4v) is 8.91. The maximum absolute atomic E-state index is 6.48. The predicted octanol–water partition coefficient (Wildman–Crippen LogP) is 14.6. The SMILES string of the molecule is c1ccc(-c2ccc(N(c3cccc(-c4cccc5oc6ccccc6c45)c3)c3ccc4oc5ccc6nc(-c7ccccc7)sc6c5c4c3)cc2)cc1. The van der Waals surface area contributed by atoms with Gasteiger partial charge in [-0.25, -0.2) is 4.98 Å². The van der Waals surface area contributed by atoms with Gasteiger partial charge in [0, 0.05) is 44.2 Å². The number of benzene rings is 8. The van der Waals surface area contributed by atoms with E-state index < -0.39 is 0 Å². The highest BCUT2D eigenvalue weighted by Crippen LogP contribution is 2.44. The summed E-state index contributed by atoms with van der Waals surface area (Å²) in [6.07, 6.45) is 0. The van der Waals surface area contributed by atoms with Crippen LogP contribution in [0.15, 0.2) is 191 Å². The third-order valence-electron chi connectivity index (χ3n) is 10.3. The maximum atomic E-state index is 6.48. The van der Waals surface area contributed by atoms with Crippen LogP contribution in [0.5, 0.6) is 0 Å². The van der Waals surface area contributed by atoms with Gasteiger partial charge in [0.1, 0.15) is 27.3 Å². The number of rotatable bonds is 6. The highest BCUT2D eigenvalue weighted by molar-refractivity contribution is 7.22. The van der Waals surface area contributed by atoms with E-state index in [0.29, 0.717) is 0 Å².